The zero-order valence-corrected chi connectivity index (χ0v) is 15.7. The first-order valence-corrected chi connectivity index (χ1v) is 8.68. The van der Waals surface area contributed by atoms with Crippen molar-refractivity contribution in [2.45, 2.75) is 41.0 Å². The lowest BCUT2D eigenvalue weighted by Crippen LogP contribution is -2.37. The molecule has 1 atom stereocenters. The molecule has 0 N–H and O–H groups in total. The van der Waals surface area contributed by atoms with Crippen LogP contribution in [0.5, 0.6) is 0 Å². The van der Waals surface area contributed by atoms with Crippen LogP contribution in [0.15, 0.2) is 69.6 Å². The van der Waals surface area contributed by atoms with E-state index in [2.05, 4.69) is 6.08 Å². The lowest BCUT2D eigenvalue weighted by atomic mass is 9.61. The SMILES string of the molecule is C/C=C/C1=C(OC(C)=O)C(=O)C2=C(C=CC3=C(C)C(C)=CC[C@@]32C)C1=O. The molecule has 4 nitrogen and oxygen atoms in total. The van der Waals surface area contributed by atoms with Crippen molar-refractivity contribution < 1.29 is 19.1 Å². The molecule has 0 amide bonds. The third kappa shape index (κ3) is 2.48. The second-order valence-corrected chi connectivity index (χ2v) is 7.08. The smallest absolute Gasteiger partial charge is 0.308 e. The number of ketones is 2. The van der Waals surface area contributed by atoms with Crippen LogP contribution in [0.4, 0.5) is 0 Å². The summed E-state index contributed by atoms with van der Waals surface area (Å²) in [5, 5.41) is 0. The lowest BCUT2D eigenvalue weighted by molar-refractivity contribution is -0.140. The summed E-state index contributed by atoms with van der Waals surface area (Å²) < 4.78 is 5.19. The van der Waals surface area contributed by atoms with Gasteiger partial charge >= 0.3 is 5.97 Å². The largest absolute Gasteiger partial charge is 0.422 e. The average Bonchev–Trinajstić information content (AvgIpc) is 2.58. The molecule has 0 bridgehead atoms. The minimum absolute atomic E-state index is 0.131. The fourth-order valence-electron chi connectivity index (χ4n) is 3.95. The van der Waals surface area contributed by atoms with Crippen LogP contribution in [0.3, 0.4) is 0 Å². The predicted octanol–water partition coefficient (Wildman–Crippen LogP) is 4.07. The summed E-state index contributed by atoms with van der Waals surface area (Å²) in [4.78, 5) is 37.9. The minimum atomic E-state index is -0.616. The first-order valence-electron chi connectivity index (χ1n) is 8.68. The molecule has 0 aromatic rings. The molecule has 3 aliphatic rings. The van der Waals surface area contributed by atoms with Crippen molar-refractivity contribution in [1.29, 1.82) is 0 Å². The van der Waals surface area contributed by atoms with E-state index in [4.69, 9.17) is 4.74 Å². The van der Waals surface area contributed by atoms with Crippen molar-refractivity contribution in [1.82, 2.24) is 0 Å². The molecule has 0 radical (unpaired) electrons. The van der Waals surface area contributed by atoms with Crippen LogP contribution >= 0.6 is 0 Å². The summed E-state index contributed by atoms with van der Waals surface area (Å²) in [6.45, 7) is 9.02. The number of rotatable bonds is 2. The molecule has 0 saturated carbocycles. The van der Waals surface area contributed by atoms with Gasteiger partial charge in [0.2, 0.25) is 5.78 Å². The zero-order chi connectivity index (χ0) is 19.2. The summed E-state index contributed by atoms with van der Waals surface area (Å²) in [5.74, 6) is -1.45. The normalized spacial score (nSPS) is 25.7. The van der Waals surface area contributed by atoms with Gasteiger partial charge in [-0.1, -0.05) is 42.9 Å². The Hall–Kier alpha value is -2.75. The summed E-state index contributed by atoms with van der Waals surface area (Å²) in [6, 6.07) is 0. The molecule has 134 valence electrons. The molecule has 3 rings (SSSR count). The second kappa shape index (κ2) is 6.20. The molecule has 3 aliphatic carbocycles. The van der Waals surface area contributed by atoms with Gasteiger partial charge in [-0.2, -0.15) is 0 Å². The highest BCUT2D eigenvalue weighted by Crippen LogP contribution is 2.52. The number of carbonyl (C=O) groups is 3. The van der Waals surface area contributed by atoms with Gasteiger partial charge in [-0.15, -0.1) is 0 Å². The maximum Gasteiger partial charge on any atom is 0.308 e. The monoisotopic (exact) mass is 350 g/mol. The van der Waals surface area contributed by atoms with Crippen molar-refractivity contribution >= 4 is 17.5 Å². The van der Waals surface area contributed by atoms with Crippen LogP contribution in [0.25, 0.3) is 0 Å². The van der Waals surface area contributed by atoms with E-state index in [1.165, 1.54) is 18.6 Å². The van der Waals surface area contributed by atoms with E-state index in [9.17, 15) is 14.4 Å². The Morgan fingerprint density at radius 3 is 2.50 bits per heavy atom. The van der Waals surface area contributed by atoms with Crippen molar-refractivity contribution in [3.05, 3.63) is 69.6 Å². The fourth-order valence-corrected chi connectivity index (χ4v) is 3.95. The minimum Gasteiger partial charge on any atom is -0.422 e. The third-order valence-corrected chi connectivity index (χ3v) is 5.39. The number of esters is 1. The van der Waals surface area contributed by atoms with E-state index in [-0.39, 0.29) is 22.9 Å². The Balaban J connectivity index is 2.23. The van der Waals surface area contributed by atoms with Crippen LogP contribution in [-0.4, -0.2) is 17.5 Å². The van der Waals surface area contributed by atoms with E-state index in [0.717, 1.165) is 11.1 Å². The Morgan fingerprint density at radius 1 is 1.19 bits per heavy atom. The van der Waals surface area contributed by atoms with E-state index < -0.39 is 11.4 Å². The molecular weight excluding hydrogens is 328 g/mol. The third-order valence-electron chi connectivity index (χ3n) is 5.39. The van der Waals surface area contributed by atoms with Crippen LogP contribution < -0.4 is 0 Å². The lowest BCUT2D eigenvalue weighted by Gasteiger charge is -2.41. The average molecular weight is 350 g/mol. The highest BCUT2D eigenvalue weighted by Gasteiger charge is 2.47. The molecule has 0 heterocycles. The highest BCUT2D eigenvalue weighted by atomic mass is 16.5. The van der Waals surface area contributed by atoms with Gasteiger partial charge in [-0.3, -0.25) is 14.4 Å². The number of hydrogen-bond donors (Lipinski definition) is 0. The maximum atomic E-state index is 13.3. The summed E-state index contributed by atoms with van der Waals surface area (Å²) in [5.41, 5.74) is 3.66. The van der Waals surface area contributed by atoms with Gasteiger partial charge in [0, 0.05) is 23.5 Å². The number of fused-ring (bicyclic) bond motifs is 2. The molecular formula is C22H22O4. The topological polar surface area (TPSA) is 60.4 Å². The van der Waals surface area contributed by atoms with E-state index in [1.807, 2.05) is 26.8 Å². The van der Waals surface area contributed by atoms with Gasteiger partial charge in [-0.25, -0.2) is 0 Å². The Kier molecular flexibility index (Phi) is 4.31. The van der Waals surface area contributed by atoms with Crippen LogP contribution in [0.1, 0.15) is 41.0 Å². The number of hydrogen-bond acceptors (Lipinski definition) is 4. The summed E-state index contributed by atoms with van der Waals surface area (Å²) in [7, 11) is 0. The van der Waals surface area contributed by atoms with Crippen molar-refractivity contribution in [2.75, 3.05) is 0 Å². The standard InChI is InChI=1S/C22H22O4/c1-6-7-16-19(24)15-8-9-17-13(3)12(2)10-11-22(17,5)18(15)20(25)21(16)26-14(4)23/h6-10H,11H2,1-5H3/b7-6+/t22-/m0/s1. The molecule has 0 saturated heterocycles. The Bertz CT molecular complexity index is 931. The molecule has 26 heavy (non-hydrogen) atoms. The fraction of sp³-hybridized carbons (Fsp3) is 0.318. The van der Waals surface area contributed by atoms with Gasteiger partial charge in [0.15, 0.2) is 11.5 Å². The van der Waals surface area contributed by atoms with Crippen molar-refractivity contribution in [3.8, 4) is 0 Å². The molecule has 0 aromatic carbocycles. The molecule has 0 aromatic heterocycles. The Labute approximate surface area is 153 Å². The molecule has 4 heteroatoms. The predicted molar refractivity (Wildman–Crippen MR) is 99.0 cm³/mol. The summed E-state index contributed by atoms with van der Waals surface area (Å²) in [6.07, 6.45) is 9.58. The van der Waals surface area contributed by atoms with Crippen LogP contribution in [0, 0.1) is 5.41 Å². The van der Waals surface area contributed by atoms with E-state index >= 15 is 0 Å². The Morgan fingerprint density at radius 2 is 1.88 bits per heavy atom. The van der Waals surface area contributed by atoms with Gasteiger partial charge in [0.05, 0.1) is 5.57 Å². The first kappa shape index (κ1) is 18.1. The van der Waals surface area contributed by atoms with Gasteiger partial charge < -0.3 is 4.74 Å². The number of Topliss-reactive ketones (excluding diaryl/α,β-unsaturated/α-hetero) is 2. The van der Waals surface area contributed by atoms with E-state index in [1.54, 1.807) is 19.1 Å². The highest BCUT2D eigenvalue weighted by molar-refractivity contribution is 6.28. The molecule has 0 unspecified atom stereocenters. The van der Waals surface area contributed by atoms with Gasteiger partial charge in [0.1, 0.15) is 0 Å². The van der Waals surface area contributed by atoms with Crippen molar-refractivity contribution in [2.24, 2.45) is 5.41 Å². The molecule has 0 fully saturated rings. The number of allylic oxidation sites excluding steroid dienone is 11. The second-order valence-electron chi connectivity index (χ2n) is 7.08. The van der Waals surface area contributed by atoms with Gasteiger partial charge in [-0.05, 0) is 38.3 Å². The van der Waals surface area contributed by atoms with Crippen LogP contribution in [0.2, 0.25) is 0 Å². The zero-order valence-electron chi connectivity index (χ0n) is 15.7. The van der Waals surface area contributed by atoms with Crippen molar-refractivity contribution in [3.63, 3.8) is 0 Å². The van der Waals surface area contributed by atoms with E-state index in [0.29, 0.717) is 17.6 Å². The van der Waals surface area contributed by atoms with Gasteiger partial charge in [0.25, 0.3) is 0 Å². The first-order chi connectivity index (χ1) is 12.2. The van der Waals surface area contributed by atoms with Crippen LogP contribution in [-0.2, 0) is 19.1 Å². The number of ether oxygens (including phenoxy) is 1. The quantitative estimate of drug-likeness (QED) is 0.556. The number of carbonyl (C=O) groups excluding carboxylic acids is 3. The molecule has 0 spiro atoms. The summed E-state index contributed by atoms with van der Waals surface area (Å²) >= 11 is 0. The maximum absolute atomic E-state index is 13.3. The molecule has 0 aliphatic heterocycles.